The molecule has 2 amide bonds. The van der Waals surface area contributed by atoms with Crippen LogP contribution < -0.4 is 10.6 Å². The molecule has 2 N–H and O–H groups in total. The van der Waals surface area contributed by atoms with E-state index in [2.05, 4.69) is 20.0 Å². The van der Waals surface area contributed by atoms with Gasteiger partial charge in [-0.3, -0.25) is 9.59 Å². The molecule has 1 saturated carbocycles. The summed E-state index contributed by atoms with van der Waals surface area (Å²) in [6.07, 6.45) is 4.80. The number of amides is 2. The minimum atomic E-state index is -0.668. The van der Waals surface area contributed by atoms with Gasteiger partial charge in [0.2, 0.25) is 5.91 Å². The number of carbonyl (C=O) groups is 2. The second-order valence-electron chi connectivity index (χ2n) is 8.65. The van der Waals surface area contributed by atoms with Gasteiger partial charge in [-0.2, -0.15) is 5.10 Å². The summed E-state index contributed by atoms with van der Waals surface area (Å²) in [6, 6.07) is 4.43. The maximum absolute atomic E-state index is 13.7. The van der Waals surface area contributed by atoms with Crippen LogP contribution in [-0.2, 0) is 4.79 Å². The van der Waals surface area contributed by atoms with Crippen LogP contribution in [0.5, 0.6) is 0 Å². The fourth-order valence-corrected chi connectivity index (χ4v) is 5.20. The molecular formula is C22H22F2N6O2. The number of nitrogens with two attached hydrogens (primary N) is 1. The highest BCUT2D eigenvalue weighted by Gasteiger charge is 2.46. The van der Waals surface area contributed by atoms with Crippen LogP contribution in [0, 0.1) is 29.4 Å². The summed E-state index contributed by atoms with van der Waals surface area (Å²) in [5.74, 6) is -0.943. The molecule has 1 aromatic carbocycles. The third-order valence-electron chi connectivity index (χ3n) is 6.65. The molecule has 1 aliphatic carbocycles. The molecular weight excluding hydrogens is 418 g/mol. The van der Waals surface area contributed by atoms with Gasteiger partial charge in [-0.1, -0.05) is 0 Å². The smallest absolute Gasteiger partial charge is 0.267 e. The molecule has 10 heteroatoms. The van der Waals surface area contributed by atoms with Crippen molar-refractivity contribution in [2.75, 3.05) is 18.0 Å². The Hall–Kier alpha value is -3.43. The van der Waals surface area contributed by atoms with Crippen LogP contribution in [0.3, 0.4) is 0 Å². The van der Waals surface area contributed by atoms with Gasteiger partial charge in [-0.25, -0.2) is 23.8 Å². The van der Waals surface area contributed by atoms with Crippen LogP contribution in [-0.4, -0.2) is 46.1 Å². The number of hydrogen-bond donors (Lipinski definition) is 1. The van der Waals surface area contributed by atoms with Crippen molar-refractivity contribution in [3.05, 3.63) is 53.5 Å². The monoisotopic (exact) mass is 440 g/mol. The largest absolute Gasteiger partial charge is 0.364 e. The van der Waals surface area contributed by atoms with E-state index in [0.29, 0.717) is 42.5 Å². The molecule has 0 bridgehead atoms. The van der Waals surface area contributed by atoms with E-state index in [1.807, 2.05) is 0 Å². The zero-order valence-corrected chi connectivity index (χ0v) is 17.2. The molecule has 2 aromatic rings. The van der Waals surface area contributed by atoms with Gasteiger partial charge in [0.05, 0.1) is 6.04 Å². The third-order valence-corrected chi connectivity index (χ3v) is 6.65. The first-order chi connectivity index (χ1) is 15.4. The number of hydrazone groups is 1. The first kappa shape index (κ1) is 20.5. The second kappa shape index (κ2) is 7.92. The predicted molar refractivity (Wildman–Crippen MR) is 112 cm³/mol. The lowest BCUT2D eigenvalue weighted by molar-refractivity contribution is -0.137. The Bertz CT molecular complexity index is 1080. The molecule has 8 nitrogen and oxygen atoms in total. The Morgan fingerprint density at radius 1 is 1.00 bits per heavy atom. The normalized spacial score (nSPS) is 26.6. The Morgan fingerprint density at radius 3 is 2.34 bits per heavy atom. The molecule has 3 unspecified atom stereocenters. The van der Waals surface area contributed by atoms with Crippen LogP contribution >= 0.6 is 0 Å². The zero-order chi connectivity index (χ0) is 22.4. The van der Waals surface area contributed by atoms with Gasteiger partial charge in [-0.15, -0.1) is 0 Å². The van der Waals surface area contributed by atoms with Crippen molar-refractivity contribution in [1.29, 1.82) is 0 Å². The van der Waals surface area contributed by atoms with E-state index in [1.165, 1.54) is 23.5 Å². The predicted octanol–water partition coefficient (Wildman–Crippen LogP) is 2.28. The molecule has 3 aliphatic rings. The van der Waals surface area contributed by atoms with E-state index in [9.17, 15) is 18.4 Å². The molecule has 32 heavy (non-hydrogen) atoms. The summed E-state index contributed by atoms with van der Waals surface area (Å²) in [7, 11) is 0. The quantitative estimate of drug-likeness (QED) is 0.785. The van der Waals surface area contributed by atoms with E-state index in [4.69, 9.17) is 5.73 Å². The van der Waals surface area contributed by atoms with E-state index in [-0.39, 0.29) is 17.5 Å². The summed E-state index contributed by atoms with van der Waals surface area (Å²) in [5.41, 5.74) is 5.89. The van der Waals surface area contributed by atoms with Crippen LogP contribution in [0.25, 0.3) is 0 Å². The van der Waals surface area contributed by atoms with Crippen molar-refractivity contribution >= 4 is 23.8 Å². The molecule has 3 heterocycles. The molecule has 1 saturated heterocycles. The molecule has 3 atom stereocenters. The van der Waals surface area contributed by atoms with Gasteiger partial charge in [0.1, 0.15) is 29.5 Å². The van der Waals surface area contributed by atoms with Gasteiger partial charge in [-0.05, 0) is 42.4 Å². The lowest BCUT2D eigenvalue weighted by atomic mass is 10.0. The number of nitrogens with zero attached hydrogens (tertiary/aromatic N) is 5. The number of primary amides is 1. The Labute approximate surface area is 183 Å². The highest BCUT2D eigenvalue weighted by atomic mass is 19.1. The van der Waals surface area contributed by atoms with Crippen molar-refractivity contribution in [3.63, 3.8) is 0 Å². The Morgan fingerprint density at radius 2 is 1.69 bits per heavy atom. The maximum Gasteiger partial charge on any atom is 0.267 e. The van der Waals surface area contributed by atoms with Crippen LogP contribution in [0.2, 0.25) is 0 Å². The summed E-state index contributed by atoms with van der Waals surface area (Å²) in [4.78, 5) is 34.9. The maximum atomic E-state index is 13.7. The minimum Gasteiger partial charge on any atom is -0.364 e. The van der Waals surface area contributed by atoms with Gasteiger partial charge in [0.15, 0.2) is 0 Å². The SMILES string of the molecule is NC(=O)c1cc(N2CC3CC(C(=O)N4N=CCC4c4cc(F)cc(F)c4)CC3C2)ncn1. The van der Waals surface area contributed by atoms with E-state index in [0.717, 1.165) is 19.2 Å². The van der Waals surface area contributed by atoms with Crippen molar-refractivity contribution in [1.82, 2.24) is 15.0 Å². The fourth-order valence-electron chi connectivity index (χ4n) is 5.20. The number of anilines is 1. The molecule has 0 spiro atoms. The fraction of sp³-hybridized carbons (Fsp3) is 0.409. The number of aromatic nitrogens is 2. The number of carbonyl (C=O) groups excluding carboxylic acids is 2. The first-order valence-electron chi connectivity index (χ1n) is 10.6. The Kier molecular flexibility index (Phi) is 5.07. The number of benzene rings is 1. The third kappa shape index (κ3) is 3.69. The van der Waals surface area contributed by atoms with Gasteiger partial charge >= 0.3 is 0 Å². The first-order valence-corrected chi connectivity index (χ1v) is 10.6. The number of rotatable bonds is 4. The van der Waals surface area contributed by atoms with Gasteiger partial charge in [0.25, 0.3) is 5.91 Å². The van der Waals surface area contributed by atoms with Crippen LogP contribution in [0.15, 0.2) is 35.7 Å². The van der Waals surface area contributed by atoms with Crippen molar-refractivity contribution in [3.8, 4) is 0 Å². The molecule has 5 rings (SSSR count). The average molecular weight is 440 g/mol. The lowest BCUT2D eigenvalue weighted by Crippen LogP contribution is -2.33. The zero-order valence-electron chi connectivity index (χ0n) is 17.2. The molecule has 166 valence electrons. The van der Waals surface area contributed by atoms with E-state index >= 15 is 0 Å². The van der Waals surface area contributed by atoms with Crippen molar-refractivity contribution < 1.29 is 18.4 Å². The molecule has 0 radical (unpaired) electrons. The topological polar surface area (TPSA) is 105 Å². The van der Waals surface area contributed by atoms with Gasteiger partial charge < -0.3 is 10.6 Å². The van der Waals surface area contributed by atoms with E-state index in [1.54, 1.807) is 12.3 Å². The standard InChI is InChI=1S/C22H22F2N6O2/c23-16-5-12(6-17(24)7-16)19-1-2-28-30(19)22(32)13-3-14-9-29(10-15(14)4-13)20-8-18(21(25)31)26-11-27-20/h2,5-8,11,13-15,19H,1,3-4,9-10H2,(H2,25,31). The van der Waals surface area contributed by atoms with Crippen molar-refractivity contribution in [2.45, 2.75) is 25.3 Å². The lowest BCUT2D eigenvalue weighted by Gasteiger charge is -2.26. The Balaban J connectivity index is 1.26. The number of fused-ring (bicyclic) bond motifs is 1. The summed E-state index contributed by atoms with van der Waals surface area (Å²) in [6.45, 7) is 1.46. The van der Waals surface area contributed by atoms with E-state index < -0.39 is 23.6 Å². The number of halogens is 2. The second-order valence-corrected chi connectivity index (χ2v) is 8.65. The summed E-state index contributed by atoms with van der Waals surface area (Å²) in [5, 5.41) is 5.61. The highest BCUT2D eigenvalue weighted by Crippen LogP contribution is 2.44. The summed E-state index contributed by atoms with van der Waals surface area (Å²) < 4.78 is 27.4. The molecule has 1 aromatic heterocycles. The highest BCUT2D eigenvalue weighted by molar-refractivity contribution is 5.91. The van der Waals surface area contributed by atoms with Gasteiger partial charge in [0, 0.05) is 43.8 Å². The van der Waals surface area contributed by atoms with Crippen LogP contribution in [0.4, 0.5) is 14.6 Å². The summed E-state index contributed by atoms with van der Waals surface area (Å²) >= 11 is 0. The van der Waals surface area contributed by atoms with Crippen molar-refractivity contribution in [2.24, 2.45) is 28.6 Å². The molecule has 2 aliphatic heterocycles. The number of hydrogen-bond acceptors (Lipinski definition) is 6. The average Bonchev–Trinajstić information content (AvgIpc) is 3.47. The molecule has 2 fully saturated rings. The minimum absolute atomic E-state index is 0.104. The van der Waals surface area contributed by atoms with Crippen LogP contribution in [0.1, 0.15) is 41.4 Å².